The normalized spacial score (nSPS) is 16.8. The Labute approximate surface area is 183 Å². The lowest BCUT2D eigenvalue weighted by Crippen LogP contribution is -2.32. The third kappa shape index (κ3) is 4.43. The van der Waals surface area contributed by atoms with E-state index in [0.29, 0.717) is 22.7 Å². The molecule has 0 radical (unpaired) electrons. The van der Waals surface area contributed by atoms with E-state index < -0.39 is 23.1 Å². The van der Waals surface area contributed by atoms with Gasteiger partial charge in [0.15, 0.2) is 11.5 Å². The maximum absolute atomic E-state index is 13.3. The van der Waals surface area contributed by atoms with Crippen LogP contribution in [0.1, 0.15) is 46.2 Å². The van der Waals surface area contributed by atoms with Gasteiger partial charge in [-0.05, 0) is 55.8 Å². The second-order valence-corrected chi connectivity index (χ2v) is 8.86. The van der Waals surface area contributed by atoms with Crippen molar-refractivity contribution in [2.24, 2.45) is 5.41 Å². The van der Waals surface area contributed by atoms with Crippen molar-refractivity contribution in [3.05, 3.63) is 65.4 Å². The SMILES string of the molecule is COc1cccc(C2C(C(=O)C(C)(C)C)=C(O)C(=O)N2c2ccc(OC(C)C)cc2)c1. The van der Waals surface area contributed by atoms with E-state index in [4.69, 9.17) is 9.47 Å². The summed E-state index contributed by atoms with van der Waals surface area (Å²) in [6.45, 7) is 9.17. The first-order chi connectivity index (χ1) is 14.5. The maximum atomic E-state index is 13.3. The van der Waals surface area contributed by atoms with Crippen LogP contribution >= 0.6 is 0 Å². The second-order valence-electron chi connectivity index (χ2n) is 8.86. The largest absolute Gasteiger partial charge is 0.503 e. The zero-order valence-electron chi connectivity index (χ0n) is 18.8. The van der Waals surface area contributed by atoms with Crippen molar-refractivity contribution < 1.29 is 24.2 Å². The van der Waals surface area contributed by atoms with Gasteiger partial charge in [0.25, 0.3) is 5.91 Å². The molecular weight excluding hydrogens is 394 g/mol. The van der Waals surface area contributed by atoms with Crippen LogP contribution in [0, 0.1) is 5.41 Å². The Kier molecular flexibility index (Phi) is 6.11. The Morgan fingerprint density at radius 3 is 2.26 bits per heavy atom. The number of carbonyl (C=O) groups excluding carboxylic acids is 2. The summed E-state index contributed by atoms with van der Waals surface area (Å²) in [7, 11) is 1.55. The lowest BCUT2D eigenvalue weighted by atomic mass is 9.82. The third-order valence-corrected chi connectivity index (χ3v) is 5.03. The molecule has 164 valence electrons. The van der Waals surface area contributed by atoms with E-state index in [1.807, 2.05) is 19.9 Å². The molecule has 31 heavy (non-hydrogen) atoms. The van der Waals surface area contributed by atoms with Crippen LogP contribution in [0.2, 0.25) is 0 Å². The molecule has 0 saturated carbocycles. The first-order valence-electron chi connectivity index (χ1n) is 10.3. The van der Waals surface area contributed by atoms with Gasteiger partial charge in [-0.15, -0.1) is 0 Å². The van der Waals surface area contributed by atoms with Crippen LogP contribution in [0.15, 0.2) is 59.9 Å². The maximum Gasteiger partial charge on any atom is 0.294 e. The molecule has 0 saturated heterocycles. The molecule has 0 spiro atoms. The van der Waals surface area contributed by atoms with E-state index in [2.05, 4.69) is 0 Å². The lowest BCUT2D eigenvalue weighted by molar-refractivity contribution is -0.123. The molecule has 1 aliphatic rings. The predicted octanol–water partition coefficient (Wildman–Crippen LogP) is 5.00. The van der Waals surface area contributed by atoms with Gasteiger partial charge in [-0.25, -0.2) is 0 Å². The molecule has 0 bridgehead atoms. The van der Waals surface area contributed by atoms with Crippen molar-refractivity contribution in [3.63, 3.8) is 0 Å². The molecule has 0 fully saturated rings. The number of Topliss-reactive ketones (excluding diaryl/α,β-unsaturated/α-hetero) is 1. The molecule has 2 aromatic carbocycles. The summed E-state index contributed by atoms with van der Waals surface area (Å²) in [4.78, 5) is 27.9. The Hall–Kier alpha value is -3.28. The van der Waals surface area contributed by atoms with Gasteiger partial charge in [0.05, 0.1) is 24.8 Å². The monoisotopic (exact) mass is 423 g/mol. The minimum atomic E-state index is -0.772. The van der Waals surface area contributed by atoms with Gasteiger partial charge >= 0.3 is 0 Å². The molecule has 0 aliphatic carbocycles. The summed E-state index contributed by atoms with van der Waals surface area (Å²) in [6.07, 6.45) is 0.0190. The highest BCUT2D eigenvalue weighted by molar-refractivity contribution is 6.17. The van der Waals surface area contributed by atoms with Crippen molar-refractivity contribution in [2.75, 3.05) is 12.0 Å². The summed E-state index contributed by atoms with van der Waals surface area (Å²) < 4.78 is 11.0. The summed E-state index contributed by atoms with van der Waals surface area (Å²) >= 11 is 0. The highest BCUT2D eigenvalue weighted by atomic mass is 16.5. The van der Waals surface area contributed by atoms with Gasteiger partial charge in [-0.1, -0.05) is 32.9 Å². The highest BCUT2D eigenvalue weighted by Crippen LogP contribution is 2.44. The van der Waals surface area contributed by atoms with Crippen molar-refractivity contribution in [2.45, 2.75) is 46.8 Å². The fourth-order valence-corrected chi connectivity index (χ4v) is 3.59. The number of carbonyl (C=O) groups is 2. The molecule has 1 amide bonds. The van der Waals surface area contributed by atoms with E-state index in [1.54, 1.807) is 70.3 Å². The van der Waals surface area contributed by atoms with E-state index >= 15 is 0 Å². The molecule has 1 aliphatic heterocycles. The number of aliphatic hydroxyl groups is 1. The fourth-order valence-electron chi connectivity index (χ4n) is 3.59. The smallest absolute Gasteiger partial charge is 0.294 e. The lowest BCUT2D eigenvalue weighted by Gasteiger charge is -2.29. The Balaban J connectivity index is 2.13. The Morgan fingerprint density at radius 2 is 1.71 bits per heavy atom. The molecule has 6 heteroatoms. The van der Waals surface area contributed by atoms with Crippen LogP contribution in [0.4, 0.5) is 5.69 Å². The van der Waals surface area contributed by atoms with Crippen LogP contribution < -0.4 is 14.4 Å². The molecule has 6 nitrogen and oxygen atoms in total. The van der Waals surface area contributed by atoms with Gasteiger partial charge in [0, 0.05) is 11.1 Å². The van der Waals surface area contributed by atoms with Gasteiger partial charge in [-0.3, -0.25) is 14.5 Å². The minimum absolute atomic E-state index is 0.0190. The number of hydrogen-bond donors (Lipinski definition) is 1. The van der Waals surface area contributed by atoms with Crippen LogP contribution in [0.25, 0.3) is 0 Å². The van der Waals surface area contributed by atoms with Gasteiger partial charge < -0.3 is 14.6 Å². The Bertz CT molecular complexity index is 1010. The molecule has 3 rings (SSSR count). The fraction of sp³-hybridized carbons (Fsp3) is 0.360. The molecule has 1 heterocycles. The molecule has 0 aromatic heterocycles. The topological polar surface area (TPSA) is 76.1 Å². The average molecular weight is 424 g/mol. The van der Waals surface area contributed by atoms with E-state index in [-0.39, 0.29) is 17.5 Å². The quantitative estimate of drug-likeness (QED) is 0.708. The summed E-state index contributed by atoms with van der Waals surface area (Å²) in [5, 5.41) is 10.8. The van der Waals surface area contributed by atoms with Crippen LogP contribution in [-0.4, -0.2) is 30.0 Å². The van der Waals surface area contributed by atoms with Crippen LogP contribution in [-0.2, 0) is 9.59 Å². The van der Waals surface area contributed by atoms with Crippen molar-refractivity contribution in [1.82, 2.24) is 0 Å². The second kappa shape index (κ2) is 8.46. The molecule has 1 unspecified atom stereocenters. The van der Waals surface area contributed by atoms with Gasteiger partial charge in [0.2, 0.25) is 0 Å². The zero-order valence-corrected chi connectivity index (χ0v) is 18.8. The van der Waals surface area contributed by atoms with E-state index in [1.165, 1.54) is 4.90 Å². The average Bonchev–Trinajstić information content (AvgIpc) is 2.98. The standard InChI is InChI=1S/C25H29NO5/c1-15(2)31-18-12-10-17(11-13-18)26-21(16-8-7-9-19(14-16)30-6)20(22(27)24(26)29)23(28)25(3,4)5/h7-15,21,27H,1-6H3. The minimum Gasteiger partial charge on any atom is -0.503 e. The number of hydrogen-bond acceptors (Lipinski definition) is 5. The van der Waals surface area contributed by atoms with Crippen LogP contribution in [0.3, 0.4) is 0 Å². The number of ketones is 1. The first-order valence-corrected chi connectivity index (χ1v) is 10.3. The van der Waals surface area contributed by atoms with E-state index in [0.717, 1.165) is 0 Å². The molecule has 1 N–H and O–H groups in total. The number of rotatable bonds is 6. The van der Waals surface area contributed by atoms with Crippen molar-refractivity contribution in [1.29, 1.82) is 0 Å². The first kappa shape index (κ1) is 22.4. The van der Waals surface area contributed by atoms with Crippen molar-refractivity contribution >= 4 is 17.4 Å². The Morgan fingerprint density at radius 1 is 1.06 bits per heavy atom. The third-order valence-electron chi connectivity index (χ3n) is 5.03. The summed E-state index contributed by atoms with van der Waals surface area (Å²) in [5.41, 5.74) is 0.545. The number of amides is 1. The number of ether oxygens (including phenoxy) is 2. The van der Waals surface area contributed by atoms with Gasteiger partial charge in [0.1, 0.15) is 11.5 Å². The van der Waals surface area contributed by atoms with Gasteiger partial charge in [-0.2, -0.15) is 0 Å². The zero-order chi connectivity index (χ0) is 22.9. The summed E-state index contributed by atoms with van der Waals surface area (Å²) in [6, 6.07) is 13.4. The predicted molar refractivity (Wildman–Crippen MR) is 120 cm³/mol. The van der Waals surface area contributed by atoms with Crippen molar-refractivity contribution in [3.8, 4) is 11.5 Å². The number of anilines is 1. The number of benzene rings is 2. The van der Waals surface area contributed by atoms with E-state index in [9.17, 15) is 14.7 Å². The molecule has 2 aromatic rings. The highest BCUT2D eigenvalue weighted by Gasteiger charge is 2.46. The van der Waals surface area contributed by atoms with Crippen LogP contribution in [0.5, 0.6) is 11.5 Å². The number of nitrogens with zero attached hydrogens (tertiary/aromatic N) is 1. The summed E-state index contributed by atoms with van der Waals surface area (Å²) in [5.74, 6) is -0.146. The molecule has 1 atom stereocenters. The number of aliphatic hydroxyl groups excluding tert-OH is 1. The number of methoxy groups -OCH3 is 1. The molecular formula is C25H29NO5.